The van der Waals surface area contributed by atoms with Crippen LogP contribution in [0, 0.1) is 0 Å². The van der Waals surface area contributed by atoms with Crippen LogP contribution in [0.2, 0.25) is 0 Å². The molecule has 2 fully saturated rings. The first kappa shape index (κ1) is 10.9. The summed E-state index contributed by atoms with van der Waals surface area (Å²) in [4.78, 5) is 13.0. The Morgan fingerprint density at radius 1 is 1.27 bits per heavy atom. The minimum atomic E-state index is 0.183. The molecule has 86 valence electrons. The van der Waals surface area contributed by atoms with Crippen LogP contribution >= 0.6 is 0 Å². The highest BCUT2D eigenvalue weighted by molar-refractivity contribution is 5.46. The van der Waals surface area contributed by atoms with Gasteiger partial charge in [0.2, 0.25) is 6.41 Å². The van der Waals surface area contributed by atoms with E-state index in [0.717, 1.165) is 19.4 Å². The maximum Gasteiger partial charge on any atom is 0.208 e. The SMILES string of the molecule is O=CNC1CC(N2CCCCC2)CCN1. The van der Waals surface area contributed by atoms with Crippen molar-refractivity contribution in [2.45, 2.75) is 44.3 Å². The van der Waals surface area contributed by atoms with E-state index in [-0.39, 0.29) is 6.17 Å². The molecule has 2 aliphatic rings. The van der Waals surface area contributed by atoms with Crippen molar-refractivity contribution in [3.8, 4) is 0 Å². The molecule has 0 aromatic rings. The normalized spacial score (nSPS) is 33.6. The highest BCUT2D eigenvalue weighted by atomic mass is 16.1. The van der Waals surface area contributed by atoms with Gasteiger partial charge in [0.15, 0.2) is 0 Å². The van der Waals surface area contributed by atoms with Crippen LogP contribution in [0.15, 0.2) is 0 Å². The summed E-state index contributed by atoms with van der Waals surface area (Å²) in [5.74, 6) is 0. The first-order valence-electron chi connectivity index (χ1n) is 6.07. The van der Waals surface area contributed by atoms with Crippen LogP contribution in [0.5, 0.6) is 0 Å². The summed E-state index contributed by atoms with van der Waals surface area (Å²) in [7, 11) is 0. The van der Waals surface area contributed by atoms with E-state index in [1.54, 1.807) is 0 Å². The Morgan fingerprint density at radius 3 is 2.80 bits per heavy atom. The first-order valence-corrected chi connectivity index (χ1v) is 6.07. The van der Waals surface area contributed by atoms with Crippen molar-refractivity contribution in [1.29, 1.82) is 0 Å². The van der Waals surface area contributed by atoms with Gasteiger partial charge in [-0.1, -0.05) is 6.42 Å². The van der Waals surface area contributed by atoms with E-state index in [0.29, 0.717) is 6.04 Å². The zero-order valence-electron chi connectivity index (χ0n) is 9.24. The van der Waals surface area contributed by atoms with E-state index < -0.39 is 0 Å². The van der Waals surface area contributed by atoms with Crippen molar-refractivity contribution >= 4 is 6.41 Å². The third kappa shape index (κ3) is 2.92. The molecule has 0 saturated carbocycles. The van der Waals surface area contributed by atoms with Crippen molar-refractivity contribution in [2.75, 3.05) is 19.6 Å². The van der Waals surface area contributed by atoms with Gasteiger partial charge in [0.1, 0.15) is 0 Å². The standard InChI is InChI=1S/C11H21N3O/c15-9-13-11-8-10(4-5-12-11)14-6-2-1-3-7-14/h9-12H,1-8H2,(H,13,15). The van der Waals surface area contributed by atoms with Crippen LogP contribution in [-0.2, 0) is 4.79 Å². The van der Waals surface area contributed by atoms with Gasteiger partial charge in [0, 0.05) is 6.04 Å². The second-order valence-electron chi connectivity index (χ2n) is 4.57. The lowest BCUT2D eigenvalue weighted by Gasteiger charge is -2.39. The number of hydrogen-bond donors (Lipinski definition) is 2. The second-order valence-corrected chi connectivity index (χ2v) is 4.57. The fraction of sp³-hybridized carbons (Fsp3) is 0.909. The van der Waals surface area contributed by atoms with Crippen LogP contribution in [0.4, 0.5) is 0 Å². The molecule has 0 aromatic carbocycles. The lowest BCUT2D eigenvalue weighted by Crippen LogP contribution is -2.54. The van der Waals surface area contributed by atoms with E-state index >= 15 is 0 Å². The highest BCUT2D eigenvalue weighted by Crippen LogP contribution is 2.19. The molecule has 2 unspecified atom stereocenters. The number of likely N-dealkylation sites (tertiary alicyclic amines) is 1. The molecule has 0 aliphatic carbocycles. The molecule has 2 heterocycles. The van der Waals surface area contributed by atoms with Crippen LogP contribution in [0.1, 0.15) is 32.1 Å². The number of carbonyl (C=O) groups is 1. The summed E-state index contributed by atoms with van der Waals surface area (Å²) >= 11 is 0. The van der Waals surface area contributed by atoms with Gasteiger partial charge in [0.25, 0.3) is 0 Å². The van der Waals surface area contributed by atoms with Gasteiger partial charge in [-0.25, -0.2) is 0 Å². The molecule has 4 nitrogen and oxygen atoms in total. The van der Waals surface area contributed by atoms with Crippen molar-refractivity contribution in [3.05, 3.63) is 0 Å². The minimum Gasteiger partial charge on any atom is -0.343 e. The van der Waals surface area contributed by atoms with Gasteiger partial charge >= 0.3 is 0 Å². The number of nitrogens with zero attached hydrogens (tertiary/aromatic N) is 1. The van der Waals surface area contributed by atoms with Crippen LogP contribution < -0.4 is 10.6 Å². The van der Waals surface area contributed by atoms with Crippen molar-refractivity contribution in [3.63, 3.8) is 0 Å². The van der Waals surface area contributed by atoms with E-state index in [1.165, 1.54) is 38.8 Å². The average Bonchev–Trinajstić information content (AvgIpc) is 2.31. The zero-order valence-corrected chi connectivity index (χ0v) is 9.24. The number of piperidine rings is 2. The topological polar surface area (TPSA) is 44.4 Å². The van der Waals surface area contributed by atoms with Gasteiger partial charge in [-0.05, 0) is 45.3 Å². The third-order valence-electron chi connectivity index (χ3n) is 3.55. The molecule has 0 radical (unpaired) electrons. The molecule has 0 aromatic heterocycles. The fourth-order valence-corrected chi connectivity index (χ4v) is 2.72. The summed E-state index contributed by atoms with van der Waals surface area (Å²) in [6.07, 6.45) is 7.33. The van der Waals surface area contributed by atoms with E-state index in [4.69, 9.17) is 0 Å². The Hall–Kier alpha value is -0.610. The monoisotopic (exact) mass is 211 g/mol. The minimum absolute atomic E-state index is 0.183. The predicted molar refractivity (Wildman–Crippen MR) is 59.4 cm³/mol. The van der Waals surface area contributed by atoms with Gasteiger partial charge < -0.3 is 10.2 Å². The van der Waals surface area contributed by atoms with Crippen molar-refractivity contribution in [2.24, 2.45) is 0 Å². The molecule has 2 aliphatic heterocycles. The predicted octanol–water partition coefficient (Wildman–Crippen LogP) is 0.296. The summed E-state index contributed by atoms with van der Waals surface area (Å²) in [5, 5.41) is 6.16. The Morgan fingerprint density at radius 2 is 2.07 bits per heavy atom. The lowest BCUT2D eigenvalue weighted by atomic mass is 9.99. The second kappa shape index (κ2) is 5.47. The van der Waals surface area contributed by atoms with Crippen molar-refractivity contribution in [1.82, 2.24) is 15.5 Å². The van der Waals surface area contributed by atoms with E-state index in [2.05, 4.69) is 15.5 Å². The zero-order chi connectivity index (χ0) is 10.5. The molecule has 2 N–H and O–H groups in total. The third-order valence-corrected chi connectivity index (χ3v) is 3.55. The number of carbonyl (C=O) groups excluding carboxylic acids is 1. The molecule has 0 spiro atoms. The van der Waals surface area contributed by atoms with Crippen LogP contribution in [0.3, 0.4) is 0 Å². The van der Waals surface area contributed by atoms with E-state index in [9.17, 15) is 4.79 Å². The molecule has 2 atom stereocenters. The van der Waals surface area contributed by atoms with Crippen LogP contribution in [0.25, 0.3) is 0 Å². The quantitative estimate of drug-likeness (QED) is 0.660. The molecular formula is C11H21N3O. The number of hydrogen-bond acceptors (Lipinski definition) is 3. The van der Waals surface area contributed by atoms with Gasteiger partial charge in [-0.15, -0.1) is 0 Å². The average molecular weight is 211 g/mol. The maximum absolute atomic E-state index is 10.4. The fourth-order valence-electron chi connectivity index (χ4n) is 2.72. The molecular weight excluding hydrogens is 190 g/mol. The number of nitrogens with one attached hydrogen (secondary N) is 2. The smallest absolute Gasteiger partial charge is 0.208 e. The Bertz CT molecular complexity index is 204. The van der Waals surface area contributed by atoms with Crippen LogP contribution in [-0.4, -0.2) is 43.2 Å². The number of rotatable bonds is 3. The largest absolute Gasteiger partial charge is 0.343 e. The molecule has 2 saturated heterocycles. The van der Waals surface area contributed by atoms with Gasteiger partial charge in [-0.3, -0.25) is 10.1 Å². The Balaban J connectivity index is 1.82. The molecule has 4 heteroatoms. The maximum atomic E-state index is 10.4. The Labute approximate surface area is 91.4 Å². The highest BCUT2D eigenvalue weighted by Gasteiger charge is 2.26. The molecule has 0 bridgehead atoms. The summed E-state index contributed by atoms with van der Waals surface area (Å²) in [6, 6.07) is 0.670. The van der Waals surface area contributed by atoms with Crippen molar-refractivity contribution < 1.29 is 4.79 Å². The molecule has 1 amide bonds. The van der Waals surface area contributed by atoms with Gasteiger partial charge in [0.05, 0.1) is 6.17 Å². The molecule has 15 heavy (non-hydrogen) atoms. The summed E-state index contributed by atoms with van der Waals surface area (Å²) < 4.78 is 0. The number of amides is 1. The molecule has 2 rings (SSSR count). The van der Waals surface area contributed by atoms with Gasteiger partial charge in [-0.2, -0.15) is 0 Å². The summed E-state index contributed by atoms with van der Waals surface area (Å²) in [6.45, 7) is 3.52. The lowest BCUT2D eigenvalue weighted by molar-refractivity contribution is -0.110. The Kier molecular flexibility index (Phi) is 3.97. The summed E-state index contributed by atoms with van der Waals surface area (Å²) in [5.41, 5.74) is 0. The van der Waals surface area contributed by atoms with E-state index in [1.807, 2.05) is 0 Å². The first-order chi connectivity index (χ1) is 7.40.